The third-order valence-corrected chi connectivity index (χ3v) is 3.42. The van der Waals surface area contributed by atoms with Crippen LogP contribution in [0.2, 0.25) is 0 Å². The van der Waals surface area contributed by atoms with E-state index in [1.807, 2.05) is 38.1 Å². The van der Waals surface area contributed by atoms with Crippen LogP contribution in [0, 0.1) is 11.8 Å². The monoisotopic (exact) mass is 234 g/mol. The Labute approximate surface area is 101 Å². The minimum absolute atomic E-state index is 0.130. The van der Waals surface area contributed by atoms with Crippen LogP contribution in [0.1, 0.15) is 25.6 Å². The smallest absolute Gasteiger partial charge is 0.131 e. The first-order chi connectivity index (χ1) is 8.15. The van der Waals surface area contributed by atoms with Gasteiger partial charge in [0.05, 0.1) is 0 Å². The summed E-state index contributed by atoms with van der Waals surface area (Å²) in [6.07, 6.45) is 0.761. The van der Waals surface area contributed by atoms with E-state index in [1.165, 1.54) is 0 Å². The van der Waals surface area contributed by atoms with E-state index in [0.717, 1.165) is 16.5 Å². The van der Waals surface area contributed by atoms with Gasteiger partial charge in [-0.25, -0.2) is 4.39 Å². The number of halogens is 1. The molecular formula is C14H19FN2. The second kappa shape index (κ2) is 4.88. The summed E-state index contributed by atoms with van der Waals surface area (Å²) in [4.78, 5) is 3.11. The summed E-state index contributed by atoms with van der Waals surface area (Å²) in [7, 11) is 0. The Hall–Kier alpha value is -1.35. The molecule has 0 saturated carbocycles. The Morgan fingerprint density at radius 1 is 1.29 bits per heavy atom. The molecule has 92 valence electrons. The fraction of sp³-hybridized carbons (Fsp3) is 0.429. The SMILES string of the molecule is CC(C)C(CN)C(F)c1c[nH]c2ccccc12. The largest absolute Gasteiger partial charge is 0.361 e. The number of nitrogens with two attached hydrogens (primary N) is 1. The summed E-state index contributed by atoms with van der Waals surface area (Å²) in [5.74, 6) is 0.109. The molecule has 0 fully saturated rings. The van der Waals surface area contributed by atoms with E-state index in [4.69, 9.17) is 5.73 Å². The molecule has 17 heavy (non-hydrogen) atoms. The van der Waals surface area contributed by atoms with Crippen molar-refractivity contribution in [2.45, 2.75) is 20.0 Å². The molecule has 3 N–H and O–H groups in total. The number of para-hydroxylation sites is 1. The highest BCUT2D eigenvalue weighted by Crippen LogP contribution is 2.34. The number of aromatic nitrogens is 1. The van der Waals surface area contributed by atoms with Crippen LogP contribution in [0.5, 0.6) is 0 Å². The second-order valence-corrected chi connectivity index (χ2v) is 4.83. The summed E-state index contributed by atoms with van der Waals surface area (Å²) in [6.45, 7) is 4.40. The fourth-order valence-electron chi connectivity index (χ4n) is 2.28. The topological polar surface area (TPSA) is 41.8 Å². The molecule has 2 unspecified atom stereocenters. The van der Waals surface area contributed by atoms with Crippen LogP contribution >= 0.6 is 0 Å². The summed E-state index contributed by atoms with van der Waals surface area (Å²) >= 11 is 0. The first-order valence-electron chi connectivity index (χ1n) is 6.05. The number of benzene rings is 1. The minimum atomic E-state index is -1.00. The van der Waals surface area contributed by atoms with Crippen LogP contribution < -0.4 is 5.73 Å². The number of nitrogens with one attached hydrogen (secondary N) is 1. The lowest BCUT2D eigenvalue weighted by atomic mass is 9.87. The van der Waals surface area contributed by atoms with Crippen molar-refractivity contribution < 1.29 is 4.39 Å². The van der Waals surface area contributed by atoms with Gasteiger partial charge in [0, 0.05) is 28.6 Å². The quantitative estimate of drug-likeness (QED) is 0.836. The number of hydrogen-bond acceptors (Lipinski definition) is 1. The lowest BCUT2D eigenvalue weighted by Crippen LogP contribution is -2.24. The van der Waals surface area contributed by atoms with E-state index in [-0.39, 0.29) is 11.8 Å². The molecular weight excluding hydrogens is 215 g/mol. The standard InChI is InChI=1S/C14H19FN2/c1-9(2)11(7-16)14(15)12-8-17-13-6-4-3-5-10(12)13/h3-6,8-9,11,14,17H,7,16H2,1-2H3. The van der Waals surface area contributed by atoms with Gasteiger partial charge < -0.3 is 10.7 Å². The lowest BCUT2D eigenvalue weighted by molar-refractivity contribution is 0.190. The molecule has 0 spiro atoms. The van der Waals surface area contributed by atoms with Crippen molar-refractivity contribution in [2.24, 2.45) is 17.6 Å². The Kier molecular flexibility index (Phi) is 3.48. The Morgan fingerprint density at radius 3 is 2.65 bits per heavy atom. The third-order valence-electron chi connectivity index (χ3n) is 3.42. The zero-order valence-electron chi connectivity index (χ0n) is 10.3. The molecule has 2 atom stereocenters. The van der Waals surface area contributed by atoms with Crippen LogP contribution in [-0.4, -0.2) is 11.5 Å². The van der Waals surface area contributed by atoms with Crippen molar-refractivity contribution in [3.63, 3.8) is 0 Å². The zero-order valence-corrected chi connectivity index (χ0v) is 10.3. The average Bonchev–Trinajstić information content (AvgIpc) is 2.72. The van der Waals surface area contributed by atoms with Crippen molar-refractivity contribution in [3.05, 3.63) is 36.0 Å². The molecule has 0 aliphatic rings. The van der Waals surface area contributed by atoms with Crippen molar-refractivity contribution in [1.82, 2.24) is 4.98 Å². The highest BCUT2D eigenvalue weighted by Gasteiger charge is 2.26. The van der Waals surface area contributed by atoms with Gasteiger partial charge in [0.25, 0.3) is 0 Å². The van der Waals surface area contributed by atoms with Gasteiger partial charge in [-0.05, 0) is 18.5 Å². The summed E-state index contributed by atoms with van der Waals surface area (Å²) in [5, 5.41) is 0.958. The normalized spacial score (nSPS) is 15.4. The van der Waals surface area contributed by atoms with E-state index in [0.29, 0.717) is 6.54 Å². The van der Waals surface area contributed by atoms with Gasteiger partial charge in [-0.3, -0.25) is 0 Å². The molecule has 2 rings (SSSR count). The number of fused-ring (bicyclic) bond motifs is 1. The fourth-order valence-corrected chi connectivity index (χ4v) is 2.28. The number of H-pyrrole nitrogens is 1. The number of alkyl halides is 1. The van der Waals surface area contributed by atoms with Crippen LogP contribution in [0.4, 0.5) is 4.39 Å². The number of rotatable bonds is 4. The Morgan fingerprint density at radius 2 is 2.00 bits per heavy atom. The van der Waals surface area contributed by atoms with E-state index in [2.05, 4.69) is 4.98 Å². The van der Waals surface area contributed by atoms with Crippen LogP contribution in [0.15, 0.2) is 30.5 Å². The predicted molar refractivity (Wildman–Crippen MR) is 69.5 cm³/mol. The molecule has 3 heteroatoms. The van der Waals surface area contributed by atoms with Crippen molar-refractivity contribution in [1.29, 1.82) is 0 Å². The molecule has 0 bridgehead atoms. The van der Waals surface area contributed by atoms with Gasteiger partial charge in [0.1, 0.15) is 6.17 Å². The van der Waals surface area contributed by atoms with E-state index < -0.39 is 6.17 Å². The highest BCUT2D eigenvalue weighted by molar-refractivity contribution is 5.83. The lowest BCUT2D eigenvalue weighted by Gasteiger charge is -2.22. The molecule has 1 heterocycles. The summed E-state index contributed by atoms with van der Waals surface area (Å²) < 4.78 is 14.5. The van der Waals surface area contributed by atoms with E-state index in [9.17, 15) is 4.39 Å². The third kappa shape index (κ3) is 2.20. The van der Waals surface area contributed by atoms with Crippen LogP contribution in [0.25, 0.3) is 10.9 Å². The summed E-state index contributed by atoms with van der Waals surface area (Å²) in [5.41, 5.74) is 7.38. The van der Waals surface area contributed by atoms with Crippen molar-refractivity contribution >= 4 is 10.9 Å². The Balaban J connectivity index is 2.39. The molecule has 1 aromatic carbocycles. The molecule has 0 aliphatic heterocycles. The zero-order chi connectivity index (χ0) is 12.4. The molecule has 0 aliphatic carbocycles. The maximum absolute atomic E-state index is 14.5. The molecule has 0 saturated heterocycles. The first-order valence-corrected chi connectivity index (χ1v) is 6.05. The highest BCUT2D eigenvalue weighted by atomic mass is 19.1. The molecule has 2 aromatic rings. The van der Waals surface area contributed by atoms with Gasteiger partial charge in [-0.1, -0.05) is 32.0 Å². The maximum atomic E-state index is 14.5. The van der Waals surface area contributed by atoms with Crippen LogP contribution in [0.3, 0.4) is 0 Å². The van der Waals surface area contributed by atoms with Crippen molar-refractivity contribution in [3.8, 4) is 0 Å². The second-order valence-electron chi connectivity index (χ2n) is 4.83. The number of hydrogen-bond donors (Lipinski definition) is 2. The van der Waals surface area contributed by atoms with Gasteiger partial charge in [0.15, 0.2) is 0 Å². The minimum Gasteiger partial charge on any atom is -0.361 e. The maximum Gasteiger partial charge on any atom is 0.131 e. The number of aromatic amines is 1. The Bertz CT molecular complexity index is 490. The first kappa shape index (κ1) is 12.1. The van der Waals surface area contributed by atoms with Gasteiger partial charge >= 0.3 is 0 Å². The van der Waals surface area contributed by atoms with Crippen molar-refractivity contribution in [2.75, 3.05) is 6.54 Å². The average molecular weight is 234 g/mol. The van der Waals surface area contributed by atoms with Gasteiger partial charge in [0.2, 0.25) is 0 Å². The van der Waals surface area contributed by atoms with Gasteiger partial charge in [-0.2, -0.15) is 0 Å². The van der Waals surface area contributed by atoms with E-state index >= 15 is 0 Å². The molecule has 2 nitrogen and oxygen atoms in total. The molecule has 0 amide bonds. The molecule has 0 radical (unpaired) electrons. The molecule has 1 aromatic heterocycles. The summed E-state index contributed by atoms with van der Waals surface area (Å²) in [6, 6.07) is 7.78. The predicted octanol–water partition coefficient (Wildman–Crippen LogP) is 3.41. The van der Waals surface area contributed by atoms with Gasteiger partial charge in [-0.15, -0.1) is 0 Å². The van der Waals surface area contributed by atoms with E-state index in [1.54, 1.807) is 6.20 Å². The van der Waals surface area contributed by atoms with Crippen LogP contribution in [-0.2, 0) is 0 Å².